The maximum atomic E-state index is 12.5. The van der Waals surface area contributed by atoms with Crippen LogP contribution in [0.2, 0.25) is 0 Å². The molecule has 0 bridgehead atoms. The quantitative estimate of drug-likeness (QED) is 0.899. The first-order valence-electron chi connectivity index (χ1n) is 6.70. The molecule has 0 aromatic carbocycles. The topological polar surface area (TPSA) is 62.3 Å². The highest BCUT2D eigenvalue weighted by molar-refractivity contribution is 7.09. The molecule has 2 fully saturated rings. The predicted molar refractivity (Wildman–Crippen MR) is 71.4 cm³/mol. The summed E-state index contributed by atoms with van der Waals surface area (Å²) in [7, 11) is 0. The monoisotopic (exact) mass is 279 g/mol. The third kappa shape index (κ3) is 2.36. The molecule has 0 spiro atoms. The normalized spacial score (nSPS) is 27.5. The molecular weight excluding hydrogens is 262 g/mol. The van der Waals surface area contributed by atoms with Crippen molar-refractivity contribution in [3.63, 3.8) is 0 Å². The summed E-state index contributed by atoms with van der Waals surface area (Å²) in [4.78, 5) is 30.6. The Labute approximate surface area is 116 Å². The Balaban J connectivity index is 1.85. The molecule has 2 aliphatic rings. The highest BCUT2D eigenvalue weighted by Gasteiger charge is 2.47. The Bertz CT molecular complexity index is 484. The number of aromatic nitrogens is 1. The maximum absolute atomic E-state index is 12.5. The van der Waals surface area contributed by atoms with Crippen LogP contribution in [0.15, 0.2) is 11.6 Å². The molecule has 102 valence electrons. The number of carbonyl (C=O) groups is 2. The number of hydrogen-bond acceptors (Lipinski definition) is 4. The Hall–Kier alpha value is -1.43. The molecule has 5 nitrogen and oxygen atoms in total. The summed E-state index contributed by atoms with van der Waals surface area (Å²) in [6, 6.07) is -0.665. The summed E-state index contributed by atoms with van der Waals surface area (Å²) in [5.41, 5.74) is 0. The van der Waals surface area contributed by atoms with Crippen molar-refractivity contribution in [2.45, 2.75) is 44.8 Å². The van der Waals surface area contributed by atoms with Crippen LogP contribution >= 0.6 is 11.3 Å². The summed E-state index contributed by atoms with van der Waals surface area (Å²) in [6.45, 7) is 2.38. The maximum Gasteiger partial charge on any atom is 0.246 e. The lowest BCUT2D eigenvalue weighted by atomic mass is 10.0. The number of nitrogens with one attached hydrogen (secondary N) is 1. The Morgan fingerprint density at radius 1 is 1.47 bits per heavy atom. The van der Waals surface area contributed by atoms with Gasteiger partial charge in [-0.2, -0.15) is 0 Å². The van der Waals surface area contributed by atoms with Crippen molar-refractivity contribution in [3.05, 3.63) is 16.6 Å². The van der Waals surface area contributed by atoms with Gasteiger partial charge in [-0.15, -0.1) is 11.3 Å². The van der Waals surface area contributed by atoms with E-state index in [2.05, 4.69) is 10.3 Å². The number of thiazole rings is 1. The van der Waals surface area contributed by atoms with E-state index in [1.165, 1.54) is 11.3 Å². The van der Waals surface area contributed by atoms with E-state index >= 15 is 0 Å². The zero-order valence-corrected chi connectivity index (χ0v) is 11.7. The third-order valence-corrected chi connectivity index (χ3v) is 4.53. The summed E-state index contributed by atoms with van der Waals surface area (Å²) >= 11 is 1.53. The van der Waals surface area contributed by atoms with Gasteiger partial charge in [0.1, 0.15) is 17.1 Å². The van der Waals surface area contributed by atoms with Gasteiger partial charge in [-0.25, -0.2) is 4.98 Å². The van der Waals surface area contributed by atoms with Crippen LogP contribution in [0, 0.1) is 5.92 Å². The summed E-state index contributed by atoms with van der Waals surface area (Å²) in [5, 5.41) is 5.64. The van der Waals surface area contributed by atoms with Crippen molar-refractivity contribution in [2.24, 2.45) is 5.92 Å². The Morgan fingerprint density at radius 2 is 2.26 bits per heavy atom. The molecule has 1 N–H and O–H groups in total. The lowest BCUT2D eigenvalue weighted by Crippen LogP contribution is -2.63. The van der Waals surface area contributed by atoms with Gasteiger partial charge in [0.05, 0.1) is 6.54 Å². The molecule has 3 rings (SSSR count). The second-order valence-electron chi connectivity index (χ2n) is 5.14. The van der Waals surface area contributed by atoms with Gasteiger partial charge >= 0.3 is 0 Å². The second-order valence-corrected chi connectivity index (χ2v) is 6.12. The molecule has 6 heteroatoms. The lowest BCUT2D eigenvalue weighted by Gasteiger charge is -2.38. The molecule has 2 heterocycles. The average molecular weight is 279 g/mol. The van der Waals surface area contributed by atoms with Crippen molar-refractivity contribution in [1.82, 2.24) is 15.2 Å². The van der Waals surface area contributed by atoms with E-state index in [9.17, 15) is 9.59 Å². The molecular formula is C13H17N3O2S. The molecule has 2 atom stereocenters. The molecule has 2 unspecified atom stereocenters. The van der Waals surface area contributed by atoms with Gasteiger partial charge in [0.2, 0.25) is 11.8 Å². The SMILES string of the molecule is CCC1NC(=O)C(C2CC2)N(Cc2nccs2)C1=O. The molecule has 2 amide bonds. The summed E-state index contributed by atoms with van der Waals surface area (Å²) in [6.07, 6.45) is 4.45. The average Bonchev–Trinajstić information content (AvgIpc) is 3.10. The number of hydrogen-bond donors (Lipinski definition) is 1. The van der Waals surface area contributed by atoms with Gasteiger partial charge in [-0.1, -0.05) is 6.92 Å². The van der Waals surface area contributed by atoms with Crippen LogP contribution in [0.3, 0.4) is 0 Å². The largest absolute Gasteiger partial charge is 0.343 e. The number of nitrogens with zero attached hydrogens (tertiary/aromatic N) is 2. The van der Waals surface area contributed by atoms with Crippen LogP contribution < -0.4 is 5.32 Å². The predicted octanol–water partition coefficient (Wildman–Crippen LogP) is 1.16. The zero-order chi connectivity index (χ0) is 13.4. The zero-order valence-electron chi connectivity index (χ0n) is 10.8. The molecule has 1 saturated heterocycles. The van der Waals surface area contributed by atoms with Crippen molar-refractivity contribution < 1.29 is 9.59 Å². The fraction of sp³-hybridized carbons (Fsp3) is 0.615. The third-order valence-electron chi connectivity index (χ3n) is 3.77. The fourth-order valence-corrected chi connectivity index (χ4v) is 3.22. The van der Waals surface area contributed by atoms with E-state index in [1.54, 1.807) is 11.1 Å². The van der Waals surface area contributed by atoms with Gasteiger partial charge in [0.15, 0.2) is 0 Å². The van der Waals surface area contributed by atoms with E-state index in [0.717, 1.165) is 17.8 Å². The van der Waals surface area contributed by atoms with Crippen LogP contribution in [0.5, 0.6) is 0 Å². The van der Waals surface area contributed by atoms with Crippen LogP contribution in [-0.4, -0.2) is 33.8 Å². The number of carbonyl (C=O) groups excluding carboxylic acids is 2. The van der Waals surface area contributed by atoms with Crippen molar-refractivity contribution in [3.8, 4) is 0 Å². The molecule has 1 aliphatic heterocycles. The van der Waals surface area contributed by atoms with Gasteiger partial charge in [0.25, 0.3) is 0 Å². The Kier molecular flexibility index (Phi) is 3.26. The van der Waals surface area contributed by atoms with E-state index in [1.807, 2.05) is 12.3 Å². The molecule has 19 heavy (non-hydrogen) atoms. The first-order valence-corrected chi connectivity index (χ1v) is 7.58. The minimum absolute atomic E-state index is 0.00510. The van der Waals surface area contributed by atoms with Crippen molar-refractivity contribution >= 4 is 23.2 Å². The van der Waals surface area contributed by atoms with E-state index in [-0.39, 0.29) is 23.9 Å². The smallest absolute Gasteiger partial charge is 0.246 e. The van der Waals surface area contributed by atoms with Crippen LogP contribution in [0.1, 0.15) is 31.2 Å². The minimum atomic E-state index is -0.373. The summed E-state index contributed by atoms with van der Waals surface area (Å²) in [5.74, 6) is 0.376. The molecule has 1 aliphatic carbocycles. The van der Waals surface area contributed by atoms with Crippen molar-refractivity contribution in [2.75, 3.05) is 0 Å². The second kappa shape index (κ2) is 4.92. The molecule has 0 radical (unpaired) electrons. The highest BCUT2D eigenvalue weighted by Crippen LogP contribution is 2.37. The molecule has 1 aromatic rings. The van der Waals surface area contributed by atoms with E-state index in [0.29, 0.717) is 18.9 Å². The van der Waals surface area contributed by atoms with Gasteiger partial charge in [-0.3, -0.25) is 9.59 Å². The van der Waals surface area contributed by atoms with Crippen molar-refractivity contribution in [1.29, 1.82) is 0 Å². The van der Waals surface area contributed by atoms with Gasteiger partial charge < -0.3 is 10.2 Å². The van der Waals surface area contributed by atoms with Gasteiger partial charge in [0, 0.05) is 11.6 Å². The van der Waals surface area contributed by atoms with E-state index < -0.39 is 0 Å². The molecule has 1 aromatic heterocycles. The first kappa shape index (κ1) is 12.6. The van der Waals surface area contributed by atoms with Crippen LogP contribution in [-0.2, 0) is 16.1 Å². The fourth-order valence-electron chi connectivity index (χ4n) is 2.61. The lowest BCUT2D eigenvalue weighted by molar-refractivity contribution is -0.151. The summed E-state index contributed by atoms with van der Waals surface area (Å²) < 4.78 is 0. The Morgan fingerprint density at radius 3 is 2.84 bits per heavy atom. The molecule has 1 saturated carbocycles. The van der Waals surface area contributed by atoms with Gasteiger partial charge in [-0.05, 0) is 25.2 Å². The first-order chi connectivity index (χ1) is 9.20. The van der Waals surface area contributed by atoms with Crippen LogP contribution in [0.25, 0.3) is 0 Å². The standard InChI is InChI=1S/C13H17N3O2S/c1-2-9-13(18)16(7-10-14-5-6-19-10)11(8-3-4-8)12(17)15-9/h5-6,8-9,11H,2-4,7H2,1H3,(H,15,17). The number of amides is 2. The highest BCUT2D eigenvalue weighted by atomic mass is 32.1. The number of piperazine rings is 1. The van der Waals surface area contributed by atoms with E-state index in [4.69, 9.17) is 0 Å². The minimum Gasteiger partial charge on any atom is -0.343 e. The van der Waals surface area contributed by atoms with Crippen LogP contribution in [0.4, 0.5) is 0 Å². The number of rotatable bonds is 4.